The van der Waals surface area contributed by atoms with Crippen LogP contribution in [0.1, 0.15) is 6.42 Å². The Kier molecular flexibility index (Phi) is 7.65. The van der Waals surface area contributed by atoms with Gasteiger partial charge in [0.2, 0.25) is 0 Å². The lowest BCUT2D eigenvalue weighted by Crippen LogP contribution is -2.49. The molecule has 9 heteroatoms. The first-order valence-electron chi connectivity index (χ1n) is 9.08. The van der Waals surface area contributed by atoms with Crippen LogP contribution in [0, 0.1) is 5.82 Å². The molecule has 2 heterocycles. The summed E-state index contributed by atoms with van der Waals surface area (Å²) in [6.45, 7) is 4.73. The summed E-state index contributed by atoms with van der Waals surface area (Å²) in [6, 6.07) is 7.55. The van der Waals surface area contributed by atoms with E-state index in [-0.39, 0.29) is 29.5 Å². The molecule has 0 amide bonds. The van der Waals surface area contributed by atoms with Gasteiger partial charge in [-0.25, -0.2) is 9.18 Å². The van der Waals surface area contributed by atoms with Crippen LogP contribution in [0.3, 0.4) is 0 Å². The molecule has 2 aromatic rings. The third-order valence-electron chi connectivity index (χ3n) is 4.90. The number of rotatable bonds is 6. The number of hydrogen-bond donors (Lipinski definition) is 0. The third-order valence-corrected chi connectivity index (χ3v) is 4.90. The number of aromatic nitrogens is 2. The summed E-state index contributed by atoms with van der Waals surface area (Å²) in [5.41, 5.74) is -0.591. The summed E-state index contributed by atoms with van der Waals surface area (Å²) < 4.78 is 21.1. The Labute approximate surface area is 169 Å². The van der Waals surface area contributed by atoms with Crippen LogP contribution in [0.25, 0.3) is 0 Å². The van der Waals surface area contributed by atoms with E-state index in [9.17, 15) is 14.0 Å². The zero-order valence-electron chi connectivity index (χ0n) is 16.1. The average molecular weight is 413 g/mol. The molecule has 1 aliphatic heterocycles. The molecule has 0 N–H and O–H groups in total. The van der Waals surface area contributed by atoms with Gasteiger partial charge in [0.05, 0.1) is 6.61 Å². The molecule has 0 bridgehead atoms. The van der Waals surface area contributed by atoms with Gasteiger partial charge in [-0.2, -0.15) is 0 Å². The minimum Gasteiger partial charge on any atom is -0.494 e. The zero-order valence-corrected chi connectivity index (χ0v) is 17.0. The Hall–Kier alpha value is -2.32. The summed E-state index contributed by atoms with van der Waals surface area (Å²) in [6.07, 6.45) is 0.877. The van der Waals surface area contributed by atoms with Crippen molar-refractivity contribution in [2.24, 2.45) is 14.1 Å². The van der Waals surface area contributed by atoms with E-state index in [4.69, 9.17) is 4.74 Å². The largest absolute Gasteiger partial charge is 0.494 e. The second kappa shape index (κ2) is 9.75. The van der Waals surface area contributed by atoms with Crippen molar-refractivity contribution in [2.45, 2.75) is 6.42 Å². The van der Waals surface area contributed by atoms with Crippen LogP contribution in [-0.2, 0) is 14.1 Å². The van der Waals surface area contributed by atoms with E-state index in [1.165, 1.54) is 29.8 Å². The molecule has 1 aromatic carbocycles. The molecule has 7 nitrogen and oxygen atoms in total. The second-order valence-electron chi connectivity index (χ2n) is 6.73. The lowest BCUT2D eigenvalue weighted by Gasteiger charge is -2.36. The highest BCUT2D eigenvalue weighted by atomic mass is 35.5. The molecule has 0 aliphatic carbocycles. The molecule has 1 fully saturated rings. The third kappa shape index (κ3) is 5.14. The van der Waals surface area contributed by atoms with Crippen molar-refractivity contribution in [3.63, 3.8) is 0 Å². The summed E-state index contributed by atoms with van der Waals surface area (Å²) in [4.78, 5) is 28.4. The Morgan fingerprint density at radius 1 is 1.00 bits per heavy atom. The standard InChI is InChI=1S/C19H25FN4O3.ClH/c1-21-17(14-18(25)22(2)19(21)26)24-11-9-23(10-12-24)8-3-13-27-16-6-4-15(20)5-7-16;/h4-7,14H,3,8-13H2,1-2H3;1H. The molecule has 0 unspecified atom stereocenters. The van der Waals surface area contributed by atoms with Crippen LogP contribution in [0.15, 0.2) is 39.9 Å². The average Bonchev–Trinajstić information content (AvgIpc) is 2.68. The number of hydrogen-bond acceptors (Lipinski definition) is 5. The molecule has 28 heavy (non-hydrogen) atoms. The summed E-state index contributed by atoms with van der Waals surface area (Å²) >= 11 is 0. The highest BCUT2D eigenvalue weighted by Gasteiger charge is 2.20. The van der Waals surface area contributed by atoms with Crippen molar-refractivity contribution >= 4 is 18.2 Å². The maximum absolute atomic E-state index is 12.9. The van der Waals surface area contributed by atoms with E-state index in [0.29, 0.717) is 18.2 Å². The van der Waals surface area contributed by atoms with Crippen molar-refractivity contribution < 1.29 is 9.13 Å². The fourth-order valence-electron chi connectivity index (χ4n) is 3.23. The van der Waals surface area contributed by atoms with Crippen LogP contribution < -0.4 is 20.9 Å². The van der Waals surface area contributed by atoms with Gasteiger partial charge in [-0.1, -0.05) is 0 Å². The number of ether oxygens (including phenoxy) is 1. The van der Waals surface area contributed by atoms with E-state index in [0.717, 1.165) is 43.7 Å². The van der Waals surface area contributed by atoms with Crippen molar-refractivity contribution in [1.82, 2.24) is 14.0 Å². The highest BCUT2D eigenvalue weighted by Crippen LogP contribution is 2.13. The topological polar surface area (TPSA) is 59.7 Å². The minimum atomic E-state index is -0.308. The smallest absolute Gasteiger partial charge is 0.332 e. The van der Waals surface area contributed by atoms with E-state index < -0.39 is 0 Å². The Morgan fingerprint density at radius 3 is 2.29 bits per heavy atom. The van der Waals surface area contributed by atoms with Gasteiger partial charge < -0.3 is 9.64 Å². The maximum atomic E-state index is 12.9. The van der Waals surface area contributed by atoms with Gasteiger partial charge in [-0.05, 0) is 30.7 Å². The molecule has 1 aliphatic rings. The number of halogens is 2. The summed E-state index contributed by atoms with van der Waals surface area (Å²) in [5, 5.41) is 0. The Morgan fingerprint density at radius 2 is 1.64 bits per heavy atom. The molecule has 0 spiro atoms. The van der Waals surface area contributed by atoms with Gasteiger partial charge in [-0.3, -0.25) is 18.8 Å². The predicted molar refractivity (Wildman–Crippen MR) is 109 cm³/mol. The Bertz CT molecular complexity index is 890. The lowest BCUT2D eigenvalue weighted by molar-refractivity contribution is 0.224. The van der Waals surface area contributed by atoms with E-state index in [2.05, 4.69) is 9.80 Å². The fraction of sp³-hybridized carbons (Fsp3) is 0.474. The summed E-state index contributed by atoms with van der Waals surface area (Å²) in [5.74, 6) is 1.07. The minimum absolute atomic E-state index is 0. The van der Waals surface area contributed by atoms with Gasteiger partial charge in [0.25, 0.3) is 5.56 Å². The number of anilines is 1. The van der Waals surface area contributed by atoms with Crippen LogP contribution >= 0.6 is 12.4 Å². The molecule has 154 valence electrons. The quantitative estimate of drug-likeness (QED) is 0.668. The van der Waals surface area contributed by atoms with Crippen molar-refractivity contribution in [3.05, 3.63) is 57.0 Å². The molecule has 0 saturated carbocycles. The van der Waals surface area contributed by atoms with Crippen molar-refractivity contribution in [2.75, 3.05) is 44.2 Å². The maximum Gasteiger partial charge on any atom is 0.332 e. The molecule has 3 rings (SSSR count). The molecule has 1 saturated heterocycles. The Balaban J connectivity index is 0.00000280. The number of nitrogens with zero attached hydrogens (tertiary/aromatic N) is 4. The van der Waals surface area contributed by atoms with Crippen LogP contribution in [0.2, 0.25) is 0 Å². The molecule has 0 atom stereocenters. The molecule has 0 radical (unpaired) electrons. The predicted octanol–water partition coefficient (Wildman–Crippen LogP) is 1.24. The lowest BCUT2D eigenvalue weighted by atomic mass is 10.3. The SMILES string of the molecule is Cl.Cn1c(N2CCN(CCCOc3ccc(F)cc3)CC2)cc(=O)n(C)c1=O. The normalized spacial score (nSPS) is 14.6. The fourth-order valence-corrected chi connectivity index (χ4v) is 3.23. The monoisotopic (exact) mass is 412 g/mol. The number of benzene rings is 1. The van der Waals surface area contributed by atoms with Gasteiger partial charge >= 0.3 is 5.69 Å². The molecular weight excluding hydrogens is 387 g/mol. The van der Waals surface area contributed by atoms with E-state index >= 15 is 0 Å². The zero-order chi connectivity index (χ0) is 19.4. The second-order valence-corrected chi connectivity index (χ2v) is 6.73. The first-order chi connectivity index (χ1) is 13.0. The van der Waals surface area contributed by atoms with Crippen LogP contribution in [0.4, 0.5) is 10.2 Å². The first-order valence-corrected chi connectivity index (χ1v) is 9.08. The van der Waals surface area contributed by atoms with Gasteiger partial charge in [0.15, 0.2) is 0 Å². The first kappa shape index (κ1) is 22.0. The number of piperazine rings is 1. The van der Waals surface area contributed by atoms with Gasteiger partial charge in [0, 0.05) is 52.9 Å². The highest BCUT2D eigenvalue weighted by molar-refractivity contribution is 5.85. The van der Waals surface area contributed by atoms with E-state index in [1.807, 2.05) is 0 Å². The summed E-state index contributed by atoms with van der Waals surface area (Å²) in [7, 11) is 3.18. The van der Waals surface area contributed by atoms with E-state index in [1.54, 1.807) is 19.2 Å². The van der Waals surface area contributed by atoms with Crippen LogP contribution in [-0.4, -0.2) is 53.4 Å². The van der Waals surface area contributed by atoms with Gasteiger partial charge in [-0.15, -0.1) is 12.4 Å². The van der Waals surface area contributed by atoms with Crippen LogP contribution in [0.5, 0.6) is 5.75 Å². The molecule has 1 aromatic heterocycles. The van der Waals surface area contributed by atoms with Crippen molar-refractivity contribution in [3.8, 4) is 5.75 Å². The van der Waals surface area contributed by atoms with Gasteiger partial charge in [0.1, 0.15) is 17.4 Å². The van der Waals surface area contributed by atoms with Crippen molar-refractivity contribution in [1.29, 1.82) is 0 Å². The molecular formula is C19H26ClFN4O3.